The van der Waals surface area contributed by atoms with Gasteiger partial charge in [-0.25, -0.2) is 4.98 Å². The zero-order chi connectivity index (χ0) is 13.8. The summed E-state index contributed by atoms with van der Waals surface area (Å²) in [5.41, 5.74) is 7.07. The molecule has 3 nitrogen and oxygen atoms in total. The van der Waals surface area contributed by atoms with Gasteiger partial charge in [-0.3, -0.25) is 0 Å². The highest BCUT2D eigenvalue weighted by Gasteiger charge is 2.24. The van der Waals surface area contributed by atoms with Crippen LogP contribution in [0.1, 0.15) is 44.7 Å². The van der Waals surface area contributed by atoms with Crippen molar-refractivity contribution in [2.24, 2.45) is 5.73 Å². The minimum Gasteiger partial charge on any atom is -0.354 e. The number of nitrogens with two attached hydrogens (primary N) is 1. The molecule has 1 heterocycles. The smallest absolute Gasteiger partial charge is 0.129 e. The molecule has 0 saturated heterocycles. The fraction of sp³-hybridized carbons (Fsp3) is 0.667. The number of hydrogen-bond donors (Lipinski definition) is 1. The van der Waals surface area contributed by atoms with Gasteiger partial charge in [0, 0.05) is 23.1 Å². The van der Waals surface area contributed by atoms with Crippen molar-refractivity contribution < 1.29 is 0 Å². The van der Waals surface area contributed by atoms with Gasteiger partial charge in [0.05, 0.1) is 5.69 Å². The number of pyridine rings is 1. The Hall–Kier alpha value is -0.610. The Morgan fingerprint density at radius 3 is 2.58 bits per heavy atom. The minimum absolute atomic E-state index is 0.402. The Balaban J connectivity index is 2.16. The molecule has 1 aromatic heterocycles. The summed E-state index contributed by atoms with van der Waals surface area (Å²) in [5.74, 6) is 1.11. The molecular weight excluding hydrogens is 302 g/mol. The summed E-state index contributed by atoms with van der Waals surface area (Å²) in [6.45, 7) is 5.36. The lowest BCUT2D eigenvalue weighted by Gasteiger charge is -2.37. The summed E-state index contributed by atoms with van der Waals surface area (Å²) in [6.07, 6.45) is 5.82. The Kier molecular flexibility index (Phi) is 5.22. The van der Waals surface area contributed by atoms with Gasteiger partial charge in [0.2, 0.25) is 0 Å². The first-order valence-electron chi connectivity index (χ1n) is 7.27. The third kappa shape index (κ3) is 3.69. The van der Waals surface area contributed by atoms with Crippen LogP contribution in [-0.2, 0) is 0 Å². The van der Waals surface area contributed by atoms with Gasteiger partial charge >= 0.3 is 0 Å². The van der Waals surface area contributed by atoms with Gasteiger partial charge in [-0.15, -0.1) is 0 Å². The predicted octanol–water partition coefficient (Wildman–Crippen LogP) is 3.64. The lowest BCUT2D eigenvalue weighted by molar-refractivity contribution is 0.374. The molecule has 19 heavy (non-hydrogen) atoms. The Morgan fingerprint density at radius 1 is 1.32 bits per heavy atom. The molecule has 0 radical (unpaired) electrons. The molecule has 4 heteroatoms. The largest absolute Gasteiger partial charge is 0.354 e. The lowest BCUT2D eigenvalue weighted by atomic mass is 9.90. The first-order chi connectivity index (χ1) is 9.11. The second kappa shape index (κ2) is 6.71. The average molecular weight is 326 g/mol. The SMILES string of the molecule is CCCN(c1ccc(Br)c(C)n1)C1CCC(N)CC1. The van der Waals surface area contributed by atoms with Crippen molar-refractivity contribution in [2.75, 3.05) is 11.4 Å². The van der Waals surface area contributed by atoms with Crippen molar-refractivity contribution in [3.63, 3.8) is 0 Å². The van der Waals surface area contributed by atoms with Crippen molar-refractivity contribution in [1.82, 2.24) is 4.98 Å². The standard InChI is InChI=1S/C15H24BrN3/c1-3-10-19(13-6-4-12(17)5-7-13)15-9-8-14(16)11(2)18-15/h8-9,12-13H,3-7,10,17H2,1-2H3. The van der Waals surface area contributed by atoms with Gasteiger partial charge in [0.15, 0.2) is 0 Å². The maximum absolute atomic E-state index is 6.01. The second-order valence-electron chi connectivity index (χ2n) is 5.50. The third-order valence-corrected chi connectivity index (χ3v) is 4.79. The topological polar surface area (TPSA) is 42.2 Å². The minimum atomic E-state index is 0.402. The van der Waals surface area contributed by atoms with E-state index in [2.05, 4.69) is 46.8 Å². The zero-order valence-corrected chi connectivity index (χ0v) is 13.5. The maximum atomic E-state index is 6.01. The number of aryl methyl sites for hydroxylation is 1. The van der Waals surface area contributed by atoms with E-state index >= 15 is 0 Å². The van der Waals surface area contributed by atoms with E-state index in [0.717, 1.165) is 41.8 Å². The highest BCUT2D eigenvalue weighted by molar-refractivity contribution is 9.10. The first-order valence-corrected chi connectivity index (χ1v) is 8.06. The molecule has 0 aromatic carbocycles. The van der Waals surface area contributed by atoms with Crippen LogP contribution in [0.3, 0.4) is 0 Å². The Labute approximate surface area is 124 Å². The van der Waals surface area contributed by atoms with E-state index in [9.17, 15) is 0 Å². The van der Waals surface area contributed by atoms with Crippen LogP contribution in [0.2, 0.25) is 0 Å². The van der Waals surface area contributed by atoms with Gasteiger partial charge < -0.3 is 10.6 Å². The van der Waals surface area contributed by atoms with Gasteiger partial charge in [0.1, 0.15) is 5.82 Å². The van der Waals surface area contributed by atoms with Gasteiger partial charge in [-0.2, -0.15) is 0 Å². The van der Waals surface area contributed by atoms with Crippen molar-refractivity contribution in [1.29, 1.82) is 0 Å². The number of hydrogen-bond acceptors (Lipinski definition) is 3. The van der Waals surface area contributed by atoms with Crippen LogP contribution in [0.15, 0.2) is 16.6 Å². The molecule has 1 aliphatic carbocycles. The number of halogens is 1. The molecule has 2 N–H and O–H groups in total. The summed E-state index contributed by atoms with van der Waals surface area (Å²) >= 11 is 3.52. The molecule has 1 aromatic rings. The number of nitrogens with zero attached hydrogens (tertiary/aromatic N) is 2. The molecule has 0 amide bonds. The van der Waals surface area contributed by atoms with E-state index in [-0.39, 0.29) is 0 Å². The van der Waals surface area contributed by atoms with E-state index in [1.807, 2.05) is 0 Å². The van der Waals surface area contributed by atoms with Crippen LogP contribution in [0.4, 0.5) is 5.82 Å². The molecule has 2 rings (SSSR count). The van der Waals surface area contributed by atoms with Gasteiger partial charge in [-0.05, 0) is 67.1 Å². The van der Waals surface area contributed by atoms with E-state index in [1.54, 1.807) is 0 Å². The van der Waals surface area contributed by atoms with Crippen molar-refractivity contribution >= 4 is 21.7 Å². The molecule has 0 unspecified atom stereocenters. The van der Waals surface area contributed by atoms with Crippen LogP contribution in [0.25, 0.3) is 0 Å². The summed E-state index contributed by atoms with van der Waals surface area (Å²) in [6, 6.07) is 5.24. The van der Waals surface area contributed by atoms with Crippen LogP contribution in [0.5, 0.6) is 0 Å². The van der Waals surface area contributed by atoms with Gasteiger partial charge in [-0.1, -0.05) is 6.92 Å². The number of rotatable bonds is 4. The van der Waals surface area contributed by atoms with Crippen LogP contribution in [0, 0.1) is 6.92 Å². The van der Waals surface area contributed by atoms with E-state index < -0.39 is 0 Å². The zero-order valence-electron chi connectivity index (χ0n) is 11.9. The number of anilines is 1. The summed E-state index contributed by atoms with van der Waals surface area (Å²) in [4.78, 5) is 7.21. The highest BCUT2D eigenvalue weighted by atomic mass is 79.9. The normalized spacial score (nSPS) is 23.4. The predicted molar refractivity (Wildman–Crippen MR) is 84.5 cm³/mol. The van der Waals surface area contributed by atoms with Crippen LogP contribution >= 0.6 is 15.9 Å². The average Bonchev–Trinajstić information content (AvgIpc) is 2.41. The molecule has 0 atom stereocenters. The summed E-state index contributed by atoms with van der Waals surface area (Å²) in [5, 5.41) is 0. The summed E-state index contributed by atoms with van der Waals surface area (Å²) in [7, 11) is 0. The monoisotopic (exact) mass is 325 g/mol. The summed E-state index contributed by atoms with van der Waals surface area (Å²) < 4.78 is 1.08. The van der Waals surface area contributed by atoms with Crippen molar-refractivity contribution in [2.45, 2.75) is 58.0 Å². The molecule has 0 spiro atoms. The molecule has 1 aliphatic rings. The molecule has 0 bridgehead atoms. The molecule has 106 valence electrons. The fourth-order valence-electron chi connectivity index (χ4n) is 2.83. The third-order valence-electron chi connectivity index (χ3n) is 3.95. The van der Waals surface area contributed by atoms with Crippen molar-refractivity contribution in [3.05, 3.63) is 22.3 Å². The Bertz CT molecular complexity index is 414. The Morgan fingerprint density at radius 2 is 2.00 bits per heavy atom. The molecule has 1 saturated carbocycles. The van der Waals surface area contributed by atoms with Crippen LogP contribution < -0.4 is 10.6 Å². The van der Waals surface area contributed by atoms with E-state index in [1.165, 1.54) is 12.8 Å². The fourth-order valence-corrected chi connectivity index (χ4v) is 3.05. The second-order valence-corrected chi connectivity index (χ2v) is 6.35. The number of aromatic nitrogens is 1. The highest BCUT2D eigenvalue weighted by Crippen LogP contribution is 2.27. The molecule has 0 aliphatic heterocycles. The first kappa shape index (κ1) is 14.8. The van der Waals surface area contributed by atoms with E-state index in [4.69, 9.17) is 10.7 Å². The van der Waals surface area contributed by atoms with Crippen molar-refractivity contribution in [3.8, 4) is 0 Å². The van der Waals surface area contributed by atoms with Crippen LogP contribution in [-0.4, -0.2) is 23.6 Å². The molecule has 1 fully saturated rings. The van der Waals surface area contributed by atoms with Gasteiger partial charge in [0.25, 0.3) is 0 Å². The van der Waals surface area contributed by atoms with E-state index in [0.29, 0.717) is 12.1 Å². The quantitative estimate of drug-likeness (QED) is 0.918. The maximum Gasteiger partial charge on any atom is 0.129 e. The lowest BCUT2D eigenvalue weighted by Crippen LogP contribution is -2.41. The molecular formula is C15H24BrN3.